The van der Waals surface area contributed by atoms with Gasteiger partial charge in [0, 0.05) is 17.5 Å². The van der Waals surface area contributed by atoms with Gasteiger partial charge in [-0.05, 0) is 37.3 Å². The topological polar surface area (TPSA) is 41.5 Å². The molecule has 2 N–H and O–H groups in total. The van der Waals surface area contributed by atoms with Crippen LogP contribution in [0.4, 0.5) is 0 Å². The molecule has 0 spiro atoms. The summed E-state index contributed by atoms with van der Waals surface area (Å²) in [6, 6.07) is 2.31. The van der Waals surface area contributed by atoms with Crippen molar-refractivity contribution in [1.29, 1.82) is 0 Å². The Morgan fingerprint density at radius 1 is 1.69 bits per heavy atom. The largest absolute Gasteiger partial charge is 0.385 e. The van der Waals surface area contributed by atoms with E-state index in [0.29, 0.717) is 13.0 Å². The first-order chi connectivity index (χ1) is 7.59. The summed E-state index contributed by atoms with van der Waals surface area (Å²) in [6.45, 7) is 6.29. The zero-order valence-corrected chi connectivity index (χ0v) is 10.6. The van der Waals surface area contributed by atoms with Crippen molar-refractivity contribution < 1.29 is 9.84 Å². The maximum atomic E-state index is 10.5. The highest BCUT2D eigenvalue weighted by Gasteiger charge is 2.30. The third-order valence-corrected chi connectivity index (χ3v) is 4.26. The van der Waals surface area contributed by atoms with Crippen LogP contribution in [0.5, 0.6) is 0 Å². The molecule has 0 radical (unpaired) electrons. The first-order valence-corrected chi connectivity index (χ1v) is 6.55. The van der Waals surface area contributed by atoms with E-state index in [9.17, 15) is 5.11 Å². The summed E-state index contributed by atoms with van der Waals surface area (Å²) in [4.78, 5) is 1.07. The van der Waals surface area contributed by atoms with E-state index in [0.717, 1.165) is 18.0 Å². The molecule has 3 nitrogen and oxygen atoms in total. The number of hydrogen-bond acceptors (Lipinski definition) is 4. The normalized spacial score (nSPS) is 25.3. The Hall–Kier alpha value is -0.420. The molecule has 90 valence electrons. The van der Waals surface area contributed by atoms with E-state index in [1.54, 1.807) is 11.3 Å². The monoisotopic (exact) mass is 241 g/mol. The van der Waals surface area contributed by atoms with Crippen LogP contribution in [0, 0.1) is 6.92 Å². The van der Waals surface area contributed by atoms with Gasteiger partial charge < -0.3 is 15.2 Å². The molecule has 1 aliphatic rings. The van der Waals surface area contributed by atoms with Crippen LogP contribution in [0.2, 0.25) is 0 Å². The molecule has 0 aromatic carbocycles. The van der Waals surface area contributed by atoms with Gasteiger partial charge in [0.1, 0.15) is 0 Å². The van der Waals surface area contributed by atoms with Crippen LogP contribution in [0.3, 0.4) is 0 Å². The van der Waals surface area contributed by atoms with Gasteiger partial charge in [0.05, 0.1) is 18.8 Å². The summed E-state index contributed by atoms with van der Waals surface area (Å²) < 4.78 is 5.41. The molecule has 4 heteroatoms. The SMILES string of the molecule is Cc1ccsc1C(C)(O)CC1COCCN1. The molecule has 2 atom stereocenters. The third-order valence-electron chi connectivity index (χ3n) is 2.99. The molecule has 1 aliphatic heterocycles. The predicted molar refractivity (Wildman–Crippen MR) is 65.9 cm³/mol. The van der Waals surface area contributed by atoms with Gasteiger partial charge in [-0.1, -0.05) is 0 Å². The van der Waals surface area contributed by atoms with Crippen LogP contribution in [0.1, 0.15) is 23.8 Å². The van der Waals surface area contributed by atoms with Gasteiger partial charge in [0.15, 0.2) is 0 Å². The summed E-state index contributed by atoms with van der Waals surface area (Å²) in [5.41, 5.74) is 0.420. The van der Waals surface area contributed by atoms with Crippen molar-refractivity contribution in [2.24, 2.45) is 0 Å². The highest BCUT2D eigenvalue weighted by Crippen LogP contribution is 2.33. The van der Waals surface area contributed by atoms with Crippen molar-refractivity contribution in [2.45, 2.75) is 31.9 Å². The van der Waals surface area contributed by atoms with Crippen LogP contribution >= 0.6 is 11.3 Å². The number of aliphatic hydroxyl groups is 1. The van der Waals surface area contributed by atoms with E-state index >= 15 is 0 Å². The van der Waals surface area contributed by atoms with Gasteiger partial charge in [-0.25, -0.2) is 0 Å². The molecule has 0 saturated carbocycles. The van der Waals surface area contributed by atoms with Crippen molar-refractivity contribution in [3.8, 4) is 0 Å². The number of morpholine rings is 1. The lowest BCUT2D eigenvalue weighted by atomic mass is 9.93. The van der Waals surface area contributed by atoms with Crippen molar-refractivity contribution >= 4 is 11.3 Å². The summed E-state index contributed by atoms with van der Waals surface area (Å²) in [6.07, 6.45) is 0.703. The summed E-state index contributed by atoms with van der Waals surface area (Å²) >= 11 is 1.63. The lowest BCUT2D eigenvalue weighted by Crippen LogP contribution is -2.45. The fraction of sp³-hybridized carbons (Fsp3) is 0.667. The van der Waals surface area contributed by atoms with Crippen LogP contribution in [-0.2, 0) is 10.3 Å². The van der Waals surface area contributed by atoms with E-state index < -0.39 is 5.60 Å². The molecule has 0 aliphatic carbocycles. The van der Waals surface area contributed by atoms with Crippen LogP contribution in [-0.4, -0.2) is 30.9 Å². The fourth-order valence-electron chi connectivity index (χ4n) is 2.25. The van der Waals surface area contributed by atoms with Crippen molar-refractivity contribution in [3.63, 3.8) is 0 Å². The van der Waals surface area contributed by atoms with E-state index in [1.807, 2.05) is 19.2 Å². The van der Waals surface area contributed by atoms with Crippen molar-refractivity contribution in [3.05, 3.63) is 21.9 Å². The Bertz CT molecular complexity index is 343. The van der Waals surface area contributed by atoms with Gasteiger partial charge in [0.2, 0.25) is 0 Å². The highest BCUT2D eigenvalue weighted by atomic mass is 32.1. The predicted octanol–water partition coefficient (Wildman–Crippen LogP) is 1.64. The Kier molecular flexibility index (Phi) is 3.64. The molecule has 1 aromatic rings. The number of aryl methyl sites for hydroxylation is 1. The van der Waals surface area contributed by atoms with Gasteiger partial charge in [-0.3, -0.25) is 0 Å². The number of hydrogen-bond donors (Lipinski definition) is 2. The maximum absolute atomic E-state index is 10.5. The highest BCUT2D eigenvalue weighted by molar-refractivity contribution is 7.10. The van der Waals surface area contributed by atoms with Gasteiger partial charge >= 0.3 is 0 Å². The lowest BCUT2D eigenvalue weighted by molar-refractivity contribution is 0.00517. The molecule has 1 saturated heterocycles. The fourth-order valence-corrected chi connectivity index (χ4v) is 3.25. The van der Waals surface area contributed by atoms with Crippen molar-refractivity contribution in [2.75, 3.05) is 19.8 Å². The first kappa shape index (κ1) is 12.0. The Morgan fingerprint density at radius 3 is 3.06 bits per heavy atom. The lowest BCUT2D eigenvalue weighted by Gasteiger charge is -2.31. The molecule has 16 heavy (non-hydrogen) atoms. The molecule has 1 fully saturated rings. The average Bonchev–Trinajstić information content (AvgIpc) is 2.66. The number of nitrogens with one attached hydrogen (secondary N) is 1. The van der Waals surface area contributed by atoms with E-state index in [2.05, 4.69) is 11.4 Å². The minimum Gasteiger partial charge on any atom is -0.385 e. The molecular formula is C12H19NO2S. The molecule has 0 amide bonds. The molecule has 2 heterocycles. The van der Waals surface area contributed by atoms with E-state index in [4.69, 9.17) is 4.74 Å². The quantitative estimate of drug-likeness (QED) is 0.845. The van der Waals surface area contributed by atoms with Gasteiger partial charge in [-0.15, -0.1) is 11.3 Å². The Balaban J connectivity index is 2.04. The smallest absolute Gasteiger partial charge is 0.0978 e. The minimum atomic E-state index is -0.753. The standard InChI is InChI=1S/C12H19NO2S/c1-9-3-6-16-11(9)12(2,14)7-10-8-15-5-4-13-10/h3,6,10,13-14H,4-5,7-8H2,1-2H3. The summed E-state index contributed by atoms with van der Waals surface area (Å²) in [7, 11) is 0. The molecule has 1 aromatic heterocycles. The zero-order chi connectivity index (χ0) is 11.6. The van der Waals surface area contributed by atoms with Crippen LogP contribution < -0.4 is 5.32 Å². The third kappa shape index (κ3) is 2.63. The first-order valence-electron chi connectivity index (χ1n) is 5.68. The zero-order valence-electron chi connectivity index (χ0n) is 9.82. The maximum Gasteiger partial charge on any atom is 0.0978 e. The second-order valence-corrected chi connectivity index (χ2v) is 5.55. The van der Waals surface area contributed by atoms with E-state index in [-0.39, 0.29) is 6.04 Å². The van der Waals surface area contributed by atoms with Crippen LogP contribution in [0.15, 0.2) is 11.4 Å². The molecule has 0 bridgehead atoms. The second kappa shape index (κ2) is 4.84. The Morgan fingerprint density at radius 2 is 2.50 bits per heavy atom. The van der Waals surface area contributed by atoms with Crippen molar-refractivity contribution in [1.82, 2.24) is 5.32 Å². The molecule has 2 rings (SSSR count). The molecular weight excluding hydrogens is 222 g/mol. The van der Waals surface area contributed by atoms with Crippen LogP contribution in [0.25, 0.3) is 0 Å². The summed E-state index contributed by atoms with van der Waals surface area (Å²) in [5, 5.41) is 15.9. The van der Waals surface area contributed by atoms with Gasteiger partial charge in [0.25, 0.3) is 0 Å². The van der Waals surface area contributed by atoms with E-state index in [1.165, 1.54) is 5.56 Å². The number of rotatable bonds is 3. The minimum absolute atomic E-state index is 0.255. The Labute approximate surface area is 100 Å². The van der Waals surface area contributed by atoms with Gasteiger partial charge in [-0.2, -0.15) is 0 Å². The number of ether oxygens (including phenoxy) is 1. The second-order valence-electron chi connectivity index (χ2n) is 4.64. The molecule has 2 unspecified atom stereocenters. The average molecular weight is 241 g/mol. The summed E-state index contributed by atoms with van der Waals surface area (Å²) in [5.74, 6) is 0. The number of thiophene rings is 1.